The molecule has 4 heteroatoms. The van der Waals surface area contributed by atoms with Crippen molar-refractivity contribution in [1.29, 1.82) is 0 Å². The first-order chi connectivity index (χ1) is 8.14. The van der Waals surface area contributed by atoms with E-state index in [1.807, 2.05) is 6.92 Å². The minimum absolute atomic E-state index is 0.166. The molecule has 1 saturated heterocycles. The van der Waals surface area contributed by atoms with E-state index in [2.05, 4.69) is 19.2 Å². The molecule has 100 valence electrons. The minimum atomic E-state index is -0.608. The van der Waals surface area contributed by atoms with Crippen molar-refractivity contribution in [2.45, 2.75) is 58.0 Å². The third-order valence-corrected chi connectivity index (χ3v) is 3.18. The average molecular weight is 243 g/mol. The Hall–Kier alpha value is -0.610. The number of carbonyl (C=O) groups is 1. The number of nitrogens with one attached hydrogen (secondary N) is 1. The Morgan fingerprint density at radius 1 is 1.47 bits per heavy atom. The van der Waals surface area contributed by atoms with Crippen LogP contribution >= 0.6 is 0 Å². The monoisotopic (exact) mass is 243 g/mol. The summed E-state index contributed by atoms with van der Waals surface area (Å²) in [6.45, 7) is 7.62. The van der Waals surface area contributed by atoms with Gasteiger partial charge in [0.15, 0.2) is 0 Å². The molecule has 0 amide bonds. The van der Waals surface area contributed by atoms with Crippen LogP contribution in [-0.4, -0.2) is 37.4 Å². The van der Waals surface area contributed by atoms with Crippen LogP contribution < -0.4 is 5.32 Å². The summed E-state index contributed by atoms with van der Waals surface area (Å²) in [6, 6.07) is 0.356. The van der Waals surface area contributed by atoms with Gasteiger partial charge < -0.3 is 9.47 Å². The molecule has 1 rings (SSSR count). The second-order valence-electron chi connectivity index (χ2n) is 4.79. The van der Waals surface area contributed by atoms with Gasteiger partial charge in [0.2, 0.25) is 0 Å². The standard InChI is InChI=1S/C13H25NO3/c1-4-6-9-16-10-13(12(15)17-5-2)8-7-11(3)14-13/h11,14H,4-10H2,1-3H3. The molecule has 0 radical (unpaired) electrons. The lowest BCUT2D eigenvalue weighted by Crippen LogP contribution is -2.54. The van der Waals surface area contributed by atoms with Crippen LogP contribution in [0.25, 0.3) is 0 Å². The van der Waals surface area contributed by atoms with Crippen molar-refractivity contribution in [2.24, 2.45) is 0 Å². The Morgan fingerprint density at radius 3 is 2.76 bits per heavy atom. The molecule has 1 N–H and O–H groups in total. The van der Waals surface area contributed by atoms with Gasteiger partial charge in [-0.25, -0.2) is 4.79 Å². The van der Waals surface area contributed by atoms with Gasteiger partial charge in [0, 0.05) is 12.6 Å². The lowest BCUT2D eigenvalue weighted by Gasteiger charge is -2.27. The molecular weight excluding hydrogens is 218 g/mol. The molecule has 0 aromatic carbocycles. The van der Waals surface area contributed by atoms with Gasteiger partial charge in [-0.3, -0.25) is 5.32 Å². The van der Waals surface area contributed by atoms with Crippen molar-refractivity contribution in [1.82, 2.24) is 5.32 Å². The summed E-state index contributed by atoms with van der Waals surface area (Å²) in [5, 5.41) is 3.33. The number of unbranched alkanes of at least 4 members (excludes halogenated alkanes) is 1. The number of rotatable bonds is 7. The highest BCUT2D eigenvalue weighted by atomic mass is 16.5. The fraction of sp³-hybridized carbons (Fsp3) is 0.923. The van der Waals surface area contributed by atoms with Crippen LogP contribution in [0, 0.1) is 0 Å². The SMILES string of the molecule is CCCCOCC1(C(=O)OCC)CCC(C)N1. The summed E-state index contributed by atoms with van der Waals surface area (Å²) in [5.41, 5.74) is -0.608. The van der Waals surface area contributed by atoms with Crippen molar-refractivity contribution < 1.29 is 14.3 Å². The van der Waals surface area contributed by atoms with Gasteiger partial charge in [-0.1, -0.05) is 13.3 Å². The molecule has 1 aliphatic heterocycles. The van der Waals surface area contributed by atoms with E-state index in [1.165, 1.54) is 0 Å². The first kappa shape index (κ1) is 14.5. The number of carbonyl (C=O) groups excluding carboxylic acids is 1. The van der Waals surface area contributed by atoms with Gasteiger partial charge >= 0.3 is 5.97 Å². The molecule has 1 fully saturated rings. The fourth-order valence-corrected chi connectivity index (χ4v) is 2.17. The number of hydrogen-bond acceptors (Lipinski definition) is 4. The molecule has 1 aliphatic rings. The second-order valence-corrected chi connectivity index (χ2v) is 4.79. The fourth-order valence-electron chi connectivity index (χ4n) is 2.17. The second kappa shape index (κ2) is 6.97. The quantitative estimate of drug-likeness (QED) is 0.548. The third kappa shape index (κ3) is 3.96. The van der Waals surface area contributed by atoms with Crippen LogP contribution in [0.3, 0.4) is 0 Å². The zero-order valence-corrected chi connectivity index (χ0v) is 11.3. The largest absolute Gasteiger partial charge is 0.465 e. The predicted octanol–water partition coefficient (Wildman–Crippen LogP) is 1.88. The van der Waals surface area contributed by atoms with E-state index in [9.17, 15) is 4.79 Å². The Balaban J connectivity index is 2.51. The summed E-state index contributed by atoms with van der Waals surface area (Å²) in [6.07, 6.45) is 3.94. The van der Waals surface area contributed by atoms with E-state index in [-0.39, 0.29) is 5.97 Å². The van der Waals surface area contributed by atoms with E-state index < -0.39 is 5.54 Å². The molecule has 4 nitrogen and oxygen atoms in total. The van der Waals surface area contributed by atoms with Crippen LogP contribution in [0.4, 0.5) is 0 Å². The first-order valence-electron chi connectivity index (χ1n) is 6.67. The minimum Gasteiger partial charge on any atom is -0.465 e. The van der Waals surface area contributed by atoms with Crippen molar-refractivity contribution in [3.63, 3.8) is 0 Å². The maximum Gasteiger partial charge on any atom is 0.328 e. The molecule has 1 heterocycles. The number of hydrogen-bond donors (Lipinski definition) is 1. The maximum absolute atomic E-state index is 12.0. The van der Waals surface area contributed by atoms with Crippen LogP contribution in [0.2, 0.25) is 0 Å². The Labute approximate surface area is 104 Å². The van der Waals surface area contributed by atoms with Crippen LogP contribution in [-0.2, 0) is 14.3 Å². The highest BCUT2D eigenvalue weighted by molar-refractivity contribution is 5.81. The Morgan fingerprint density at radius 2 is 2.24 bits per heavy atom. The summed E-state index contributed by atoms with van der Waals surface area (Å²) < 4.78 is 10.8. The lowest BCUT2D eigenvalue weighted by atomic mass is 9.99. The topological polar surface area (TPSA) is 47.6 Å². The molecule has 0 aromatic rings. The molecule has 0 bridgehead atoms. The highest BCUT2D eigenvalue weighted by Crippen LogP contribution is 2.25. The zero-order chi connectivity index (χ0) is 12.7. The summed E-state index contributed by atoms with van der Waals surface area (Å²) in [4.78, 5) is 12.0. The zero-order valence-electron chi connectivity index (χ0n) is 11.3. The maximum atomic E-state index is 12.0. The van der Waals surface area contributed by atoms with Crippen molar-refractivity contribution in [3.05, 3.63) is 0 Å². The van der Waals surface area contributed by atoms with E-state index in [0.717, 1.165) is 25.7 Å². The Bertz CT molecular complexity index is 245. The van der Waals surface area contributed by atoms with Gasteiger partial charge in [0.25, 0.3) is 0 Å². The molecular formula is C13H25NO3. The molecule has 2 atom stereocenters. The van der Waals surface area contributed by atoms with Gasteiger partial charge in [-0.15, -0.1) is 0 Å². The first-order valence-corrected chi connectivity index (χ1v) is 6.67. The van der Waals surface area contributed by atoms with Gasteiger partial charge in [0.1, 0.15) is 5.54 Å². The highest BCUT2D eigenvalue weighted by Gasteiger charge is 2.45. The number of ether oxygens (including phenoxy) is 2. The predicted molar refractivity (Wildman–Crippen MR) is 66.9 cm³/mol. The van der Waals surface area contributed by atoms with Crippen molar-refractivity contribution >= 4 is 5.97 Å². The van der Waals surface area contributed by atoms with E-state index in [0.29, 0.717) is 25.9 Å². The molecule has 17 heavy (non-hydrogen) atoms. The summed E-state index contributed by atoms with van der Waals surface area (Å²) in [5.74, 6) is -0.166. The third-order valence-electron chi connectivity index (χ3n) is 3.18. The molecule has 0 aromatic heterocycles. The van der Waals surface area contributed by atoms with Crippen LogP contribution in [0.5, 0.6) is 0 Å². The van der Waals surface area contributed by atoms with Crippen molar-refractivity contribution in [3.8, 4) is 0 Å². The smallest absolute Gasteiger partial charge is 0.328 e. The van der Waals surface area contributed by atoms with E-state index >= 15 is 0 Å². The van der Waals surface area contributed by atoms with Crippen molar-refractivity contribution in [2.75, 3.05) is 19.8 Å². The lowest BCUT2D eigenvalue weighted by molar-refractivity contribution is -0.153. The summed E-state index contributed by atoms with van der Waals surface area (Å²) >= 11 is 0. The van der Waals surface area contributed by atoms with E-state index in [4.69, 9.17) is 9.47 Å². The molecule has 0 aliphatic carbocycles. The summed E-state index contributed by atoms with van der Waals surface area (Å²) in [7, 11) is 0. The Kier molecular flexibility index (Phi) is 5.92. The molecule has 0 saturated carbocycles. The molecule has 0 spiro atoms. The van der Waals surface area contributed by atoms with E-state index in [1.54, 1.807) is 0 Å². The van der Waals surface area contributed by atoms with Crippen LogP contribution in [0.1, 0.15) is 46.5 Å². The van der Waals surface area contributed by atoms with Gasteiger partial charge in [-0.05, 0) is 33.1 Å². The van der Waals surface area contributed by atoms with Gasteiger partial charge in [-0.2, -0.15) is 0 Å². The molecule has 2 unspecified atom stereocenters. The van der Waals surface area contributed by atoms with Gasteiger partial charge in [0.05, 0.1) is 13.2 Å². The number of esters is 1. The normalized spacial score (nSPS) is 28.3. The average Bonchev–Trinajstić information content (AvgIpc) is 2.68. The van der Waals surface area contributed by atoms with Crippen LogP contribution in [0.15, 0.2) is 0 Å².